The highest BCUT2D eigenvalue weighted by Gasteiger charge is 2.41. The molecule has 5 amide bonds. The summed E-state index contributed by atoms with van der Waals surface area (Å²) in [6.07, 6.45) is 3.10. The Kier molecular flexibility index (Phi) is 13.2. The number of phenolic OH excluding ortho intramolecular Hbond substituents is 1. The summed E-state index contributed by atoms with van der Waals surface area (Å²) < 4.78 is 0. The highest BCUT2D eigenvalue weighted by molar-refractivity contribution is 5.96. The van der Waals surface area contributed by atoms with Gasteiger partial charge in [-0.05, 0) is 68.6 Å². The maximum atomic E-state index is 14.1. The minimum Gasteiger partial charge on any atom is -0.508 e. The third-order valence-corrected chi connectivity index (χ3v) is 8.32. The minimum absolute atomic E-state index is 0.0482. The summed E-state index contributed by atoms with van der Waals surface area (Å²) in [5.41, 5.74) is 23.0. The van der Waals surface area contributed by atoms with E-state index in [4.69, 9.17) is 22.9 Å². The number of likely N-dealkylation sites (tertiary alicyclic amines) is 2. The van der Waals surface area contributed by atoms with E-state index >= 15 is 0 Å². The molecule has 2 heterocycles. The van der Waals surface area contributed by atoms with Crippen molar-refractivity contribution >= 4 is 35.5 Å². The van der Waals surface area contributed by atoms with Crippen LogP contribution in [0.25, 0.3) is 0 Å². The molecule has 3 rings (SSSR count). The van der Waals surface area contributed by atoms with Crippen molar-refractivity contribution in [1.29, 1.82) is 0 Å². The number of nitrogens with zero attached hydrogens (tertiary/aromatic N) is 3. The summed E-state index contributed by atoms with van der Waals surface area (Å²) in [6, 6.07) is 1.79. The second-order valence-corrected chi connectivity index (χ2v) is 12.5. The lowest BCUT2D eigenvalue weighted by molar-refractivity contribution is -0.144. The quantitative estimate of drug-likeness (QED) is 0.0687. The van der Waals surface area contributed by atoms with Gasteiger partial charge in [0.25, 0.3) is 0 Å². The predicted octanol–water partition coefficient (Wildman–Crippen LogP) is -1.20. The number of primary amides is 1. The van der Waals surface area contributed by atoms with Crippen LogP contribution < -0.4 is 33.6 Å². The van der Waals surface area contributed by atoms with Crippen molar-refractivity contribution in [1.82, 2.24) is 20.4 Å². The lowest BCUT2D eigenvalue weighted by Crippen LogP contribution is -2.58. The van der Waals surface area contributed by atoms with Gasteiger partial charge < -0.3 is 48.5 Å². The zero-order valence-corrected chi connectivity index (χ0v) is 26.7. The zero-order valence-electron chi connectivity index (χ0n) is 26.7. The molecule has 0 radical (unpaired) electrons. The lowest BCUT2D eigenvalue weighted by atomic mass is 10.0. The van der Waals surface area contributed by atoms with E-state index in [1.54, 1.807) is 12.1 Å². The topological polar surface area (TPSA) is 253 Å². The molecule has 1 aromatic rings. The molecule has 1 aromatic carbocycles. The Morgan fingerprint density at radius 2 is 1.43 bits per heavy atom. The number of guanidine groups is 1. The molecular weight excluding hydrogens is 594 g/mol. The lowest BCUT2D eigenvalue weighted by Gasteiger charge is -2.32. The molecule has 2 saturated heterocycles. The summed E-state index contributed by atoms with van der Waals surface area (Å²) >= 11 is 0. The molecule has 0 aliphatic carbocycles. The number of aliphatic imine (C=N–C) groups is 1. The third kappa shape index (κ3) is 10.1. The van der Waals surface area contributed by atoms with E-state index in [-0.39, 0.29) is 49.5 Å². The van der Waals surface area contributed by atoms with E-state index in [9.17, 15) is 29.1 Å². The summed E-state index contributed by atoms with van der Waals surface area (Å²) in [6.45, 7) is 4.84. The van der Waals surface area contributed by atoms with Crippen LogP contribution in [0.5, 0.6) is 5.75 Å². The van der Waals surface area contributed by atoms with Crippen LogP contribution in [-0.4, -0.2) is 100 Å². The number of nitrogens with one attached hydrogen (secondary N) is 2. The van der Waals surface area contributed by atoms with Crippen LogP contribution in [0.1, 0.15) is 64.4 Å². The smallest absolute Gasteiger partial charge is 0.246 e. The first-order valence-electron chi connectivity index (χ1n) is 15.9. The van der Waals surface area contributed by atoms with Gasteiger partial charge in [-0.2, -0.15) is 0 Å². The molecule has 0 unspecified atom stereocenters. The number of hydrogen-bond acceptors (Lipinski definition) is 8. The standard InChI is InChI=1S/C31H49N9O6/c1-18(2)16-21(32)29(45)39-14-4-7-24(39)28(44)38-23(17-19-9-11-20(41)12-10-19)30(46)40-15-5-8-25(40)27(43)37-22(26(33)42)6-3-13-36-31(34)35/h9-12,18,21-25,41H,3-8,13-17,32H2,1-2H3,(H2,33,42)(H,37,43)(H,38,44)(H4,34,35,36)/t21-,22-,23-,24-,25-/m0/s1. The Morgan fingerprint density at radius 1 is 0.891 bits per heavy atom. The average Bonchev–Trinajstić information content (AvgIpc) is 3.68. The van der Waals surface area contributed by atoms with E-state index in [0.29, 0.717) is 50.6 Å². The third-order valence-electron chi connectivity index (χ3n) is 8.32. The van der Waals surface area contributed by atoms with Crippen molar-refractivity contribution in [3.63, 3.8) is 0 Å². The number of aromatic hydroxyl groups is 1. The van der Waals surface area contributed by atoms with E-state index in [0.717, 1.165) is 0 Å². The van der Waals surface area contributed by atoms with Gasteiger partial charge in [0.15, 0.2) is 5.96 Å². The molecule has 0 spiro atoms. The highest BCUT2D eigenvalue weighted by atomic mass is 16.3. The average molecular weight is 644 g/mol. The Morgan fingerprint density at radius 3 is 1.96 bits per heavy atom. The van der Waals surface area contributed by atoms with Crippen molar-refractivity contribution in [2.24, 2.45) is 33.8 Å². The van der Waals surface area contributed by atoms with Gasteiger partial charge in [-0.1, -0.05) is 26.0 Å². The number of amides is 5. The van der Waals surface area contributed by atoms with Crippen molar-refractivity contribution in [3.8, 4) is 5.75 Å². The molecule has 0 bridgehead atoms. The molecule has 5 atom stereocenters. The molecule has 2 aliphatic heterocycles. The summed E-state index contributed by atoms with van der Waals surface area (Å²) in [5, 5.41) is 15.3. The van der Waals surface area contributed by atoms with Gasteiger partial charge in [0.1, 0.15) is 29.9 Å². The number of rotatable bonds is 15. The van der Waals surface area contributed by atoms with Crippen LogP contribution in [0.3, 0.4) is 0 Å². The number of carbonyl (C=O) groups is 5. The predicted molar refractivity (Wildman–Crippen MR) is 172 cm³/mol. The van der Waals surface area contributed by atoms with Crippen molar-refractivity contribution < 1.29 is 29.1 Å². The van der Waals surface area contributed by atoms with Gasteiger partial charge in [-0.25, -0.2) is 0 Å². The van der Waals surface area contributed by atoms with Gasteiger partial charge in [-0.3, -0.25) is 29.0 Å². The number of carbonyl (C=O) groups excluding carboxylic acids is 5. The van der Waals surface area contributed by atoms with Crippen molar-refractivity contribution in [2.45, 2.75) is 95.4 Å². The van der Waals surface area contributed by atoms with Gasteiger partial charge in [0.2, 0.25) is 29.5 Å². The molecule has 2 fully saturated rings. The van der Waals surface area contributed by atoms with Crippen LogP contribution in [0.15, 0.2) is 29.3 Å². The number of phenols is 1. The fourth-order valence-electron chi connectivity index (χ4n) is 6.02. The molecule has 15 heteroatoms. The fraction of sp³-hybridized carbons (Fsp3) is 0.613. The Bertz CT molecular complexity index is 1270. The Labute approximate surface area is 269 Å². The van der Waals surface area contributed by atoms with Crippen LogP contribution in [-0.2, 0) is 30.4 Å². The highest BCUT2D eigenvalue weighted by Crippen LogP contribution is 2.23. The van der Waals surface area contributed by atoms with Gasteiger partial charge >= 0.3 is 0 Å². The first-order valence-corrected chi connectivity index (χ1v) is 15.9. The molecule has 11 N–H and O–H groups in total. The maximum absolute atomic E-state index is 14.1. The van der Waals surface area contributed by atoms with E-state index in [1.165, 1.54) is 21.9 Å². The monoisotopic (exact) mass is 643 g/mol. The number of hydrogen-bond donors (Lipinski definition) is 7. The first kappa shape index (κ1) is 36.1. The van der Waals surface area contributed by atoms with Crippen LogP contribution in [0.4, 0.5) is 0 Å². The minimum atomic E-state index is -1.07. The number of benzene rings is 1. The van der Waals surface area contributed by atoms with Crippen LogP contribution >= 0.6 is 0 Å². The van der Waals surface area contributed by atoms with E-state index in [2.05, 4.69) is 15.6 Å². The zero-order chi connectivity index (χ0) is 34.0. The molecule has 46 heavy (non-hydrogen) atoms. The number of nitrogens with two attached hydrogens (primary N) is 4. The largest absolute Gasteiger partial charge is 0.508 e. The first-order chi connectivity index (χ1) is 21.8. The summed E-state index contributed by atoms with van der Waals surface area (Å²) in [7, 11) is 0. The van der Waals surface area contributed by atoms with E-state index in [1.807, 2.05) is 13.8 Å². The van der Waals surface area contributed by atoms with Crippen LogP contribution in [0.2, 0.25) is 0 Å². The maximum Gasteiger partial charge on any atom is 0.246 e. The molecule has 2 aliphatic rings. The van der Waals surface area contributed by atoms with Gasteiger partial charge in [0.05, 0.1) is 6.04 Å². The summed E-state index contributed by atoms with van der Waals surface area (Å²) in [4.78, 5) is 73.1. The van der Waals surface area contributed by atoms with Crippen molar-refractivity contribution in [2.75, 3.05) is 19.6 Å². The Hall–Kier alpha value is -4.40. The molecule has 0 aromatic heterocycles. The second-order valence-electron chi connectivity index (χ2n) is 12.5. The van der Waals surface area contributed by atoms with Crippen molar-refractivity contribution in [3.05, 3.63) is 29.8 Å². The molecule has 0 saturated carbocycles. The normalized spacial score (nSPS) is 19.7. The second kappa shape index (κ2) is 16.8. The molecular formula is C31H49N9O6. The summed E-state index contributed by atoms with van der Waals surface area (Å²) in [5.74, 6) is -2.35. The Balaban J connectivity index is 1.77. The fourth-order valence-corrected chi connectivity index (χ4v) is 6.02. The SMILES string of the molecule is CC(C)C[C@H](N)C(=O)N1CCC[C@H]1C(=O)N[C@@H](Cc1ccc(O)cc1)C(=O)N1CCC[C@H]1C(=O)N[C@@H](CCCN=C(N)N)C(N)=O. The molecule has 254 valence electrons. The van der Waals surface area contributed by atoms with Gasteiger partial charge in [-0.15, -0.1) is 0 Å². The van der Waals surface area contributed by atoms with E-state index < -0.39 is 53.8 Å². The molecule has 15 nitrogen and oxygen atoms in total. The van der Waals surface area contributed by atoms with Gasteiger partial charge in [0, 0.05) is 26.1 Å². The van der Waals surface area contributed by atoms with Crippen LogP contribution in [0, 0.1) is 5.92 Å².